The average Bonchev–Trinajstić information content (AvgIpc) is 3.26. The van der Waals surface area contributed by atoms with Crippen LogP contribution in [0.15, 0.2) is 78.9 Å². The van der Waals surface area contributed by atoms with Gasteiger partial charge in [0.15, 0.2) is 5.82 Å². The Labute approximate surface area is 191 Å². The molecule has 4 rings (SSSR count). The van der Waals surface area contributed by atoms with Crippen LogP contribution in [0.2, 0.25) is 0 Å². The van der Waals surface area contributed by atoms with E-state index in [0.717, 1.165) is 22.4 Å². The van der Waals surface area contributed by atoms with Crippen LogP contribution in [-0.2, 0) is 24.2 Å². The van der Waals surface area contributed by atoms with Crippen LogP contribution in [0.3, 0.4) is 0 Å². The van der Waals surface area contributed by atoms with Crippen LogP contribution < -0.4 is 14.8 Å². The van der Waals surface area contributed by atoms with Gasteiger partial charge in [0.05, 0.1) is 13.5 Å². The summed E-state index contributed by atoms with van der Waals surface area (Å²) < 4.78 is 15.5. The SMILES string of the molecule is COc1cccc(Cc2nsc(Oc3ccc(CC(=O)NCc4ccccc4)cc3)n2)c1. The summed E-state index contributed by atoms with van der Waals surface area (Å²) in [4.78, 5) is 16.6. The fourth-order valence-electron chi connectivity index (χ4n) is 3.14. The minimum atomic E-state index is -0.0196. The number of ether oxygens (including phenoxy) is 2. The Hall–Kier alpha value is -3.71. The number of aromatic nitrogens is 2. The highest BCUT2D eigenvalue weighted by atomic mass is 32.1. The molecule has 0 spiro atoms. The molecule has 0 aliphatic rings. The molecule has 0 saturated heterocycles. The van der Waals surface area contributed by atoms with Gasteiger partial charge in [0.25, 0.3) is 5.19 Å². The summed E-state index contributed by atoms with van der Waals surface area (Å²) in [6, 6.07) is 25.1. The van der Waals surface area contributed by atoms with E-state index in [1.54, 1.807) is 7.11 Å². The maximum absolute atomic E-state index is 12.2. The highest BCUT2D eigenvalue weighted by molar-refractivity contribution is 7.07. The monoisotopic (exact) mass is 445 g/mol. The minimum absolute atomic E-state index is 0.0196. The molecule has 0 unspecified atom stereocenters. The lowest BCUT2D eigenvalue weighted by molar-refractivity contribution is -0.120. The Morgan fingerprint density at radius 1 is 0.906 bits per heavy atom. The first-order chi connectivity index (χ1) is 15.7. The summed E-state index contributed by atoms with van der Waals surface area (Å²) in [5, 5.41) is 3.42. The molecule has 0 bridgehead atoms. The Morgan fingerprint density at radius 3 is 2.47 bits per heavy atom. The van der Waals surface area contributed by atoms with E-state index in [9.17, 15) is 4.79 Å². The molecular formula is C25H23N3O3S. The lowest BCUT2D eigenvalue weighted by Gasteiger charge is -2.06. The lowest BCUT2D eigenvalue weighted by Crippen LogP contribution is -2.24. The van der Waals surface area contributed by atoms with Crippen LogP contribution in [0.1, 0.15) is 22.5 Å². The molecule has 4 aromatic rings. The van der Waals surface area contributed by atoms with E-state index in [0.29, 0.717) is 36.2 Å². The number of carbonyl (C=O) groups excluding carboxylic acids is 1. The van der Waals surface area contributed by atoms with Crippen molar-refractivity contribution in [1.29, 1.82) is 0 Å². The molecular weight excluding hydrogens is 422 g/mol. The predicted molar refractivity (Wildman–Crippen MR) is 124 cm³/mol. The first kappa shape index (κ1) is 21.5. The van der Waals surface area contributed by atoms with Crippen molar-refractivity contribution in [3.8, 4) is 16.7 Å². The number of hydrogen-bond acceptors (Lipinski definition) is 6. The molecule has 1 N–H and O–H groups in total. The summed E-state index contributed by atoms with van der Waals surface area (Å²) >= 11 is 1.21. The van der Waals surface area contributed by atoms with Crippen molar-refractivity contribution < 1.29 is 14.3 Å². The summed E-state index contributed by atoms with van der Waals surface area (Å²) in [5.41, 5.74) is 3.06. The van der Waals surface area contributed by atoms with Gasteiger partial charge in [-0.1, -0.05) is 54.6 Å². The Morgan fingerprint density at radius 2 is 1.69 bits per heavy atom. The number of methoxy groups -OCH3 is 1. The largest absolute Gasteiger partial charge is 0.497 e. The molecule has 162 valence electrons. The molecule has 0 aliphatic heterocycles. The van der Waals surface area contributed by atoms with E-state index in [2.05, 4.69) is 14.7 Å². The first-order valence-corrected chi connectivity index (χ1v) is 11.0. The van der Waals surface area contributed by atoms with Gasteiger partial charge in [-0.2, -0.15) is 9.36 Å². The second kappa shape index (κ2) is 10.5. The fourth-order valence-corrected chi connectivity index (χ4v) is 3.71. The Balaban J connectivity index is 1.28. The predicted octanol–water partition coefficient (Wildman–Crippen LogP) is 4.79. The van der Waals surface area contributed by atoms with E-state index >= 15 is 0 Å². The normalized spacial score (nSPS) is 10.5. The second-order valence-electron chi connectivity index (χ2n) is 7.19. The maximum Gasteiger partial charge on any atom is 0.298 e. The van der Waals surface area contributed by atoms with Crippen molar-refractivity contribution in [1.82, 2.24) is 14.7 Å². The fraction of sp³-hybridized carbons (Fsp3) is 0.160. The average molecular weight is 446 g/mol. The molecule has 7 heteroatoms. The molecule has 0 saturated carbocycles. The molecule has 0 fully saturated rings. The van der Waals surface area contributed by atoms with Gasteiger partial charge in [-0.3, -0.25) is 4.79 Å². The number of rotatable bonds is 9. The molecule has 3 aromatic carbocycles. The van der Waals surface area contributed by atoms with E-state index in [-0.39, 0.29) is 5.91 Å². The van der Waals surface area contributed by atoms with Gasteiger partial charge in [-0.05, 0) is 41.0 Å². The third-order valence-corrected chi connectivity index (χ3v) is 5.40. The number of carbonyl (C=O) groups is 1. The van der Waals surface area contributed by atoms with Crippen molar-refractivity contribution in [2.24, 2.45) is 0 Å². The van der Waals surface area contributed by atoms with E-state index in [1.807, 2.05) is 78.9 Å². The van der Waals surface area contributed by atoms with Crippen LogP contribution >= 0.6 is 11.5 Å². The zero-order valence-electron chi connectivity index (χ0n) is 17.7. The number of benzene rings is 3. The van der Waals surface area contributed by atoms with Crippen molar-refractivity contribution >= 4 is 17.4 Å². The highest BCUT2D eigenvalue weighted by Crippen LogP contribution is 2.25. The van der Waals surface area contributed by atoms with Crippen LogP contribution in [-0.4, -0.2) is 22.4 Å². The van der Waals surface area contributed by atoms with Gasteiger partial charge in [-0.25, -0.2) is 0 Å². The molecule has 1 heterocycles. The van der Waals surface area contributed by atoms with Gasteiger partial charge in [0.1, 0.15) is 11.5 Å². The van der Waals surface area contributed by atoms with Gasteiger partial charge in [0.2, 0.25) is 5.91 Å². The van der Waals surface area contributed by atoms with Crippen LogP contribution in [0.5, 0.6) is 16.7 Å². The number of nitrogens with zero attached hydrogens (tertiary/aromatic N) is 2. The number of amides is 1. The third-order valence-electron chi connectivity index (χ3n) is 4.77. The van der Waals surface area contributed by atoms with Gasteiger partial charge in [0, 0.05) is 24.5 Å². The topological polar surface area (TPSA) is 73.3 Å². The zero-order valence-corrected chi connectivity index (χ0v) is 18.5. The minimum Gasteiger partial charge on any atom is -0.497 e. The summed E-state index contributed by atoms with van der Waals surface area (Å²) in [7, 11) is 1.65. The lowest BCUT2D eigenvalue weighted by atomic mass is 10.1. The third kappa shape index (κ3) is 6.15. The molecule has 1 aromatic heterocycles. The molecule has 1 amide bonds. The zero-order chi connectivity index (χ0) is 22.2. The first-order valence-electron chi connectivity index (χ1n) is 10.2. The molecule has 0 atom stereocenters. The second-order valence-corrected chi connectivity index (χ2v) is 7.90. The van der Waals surface area contributed by atoms with Crippen molar-refractivity contribution in [3.05, 3.63) is 101 Å². The Kier molecular flexibility index (Phi) is 7.09. The summed E-state index contributed by atoms with van der Waals surface area (Å²) in [6.45, 7) is 0.524. The quantitative estimate of drug-likeness (QED) is 0.401. The van der Waals surface area contributed by atoms with Crippen molar-refractivity contribution in [3.63, 3.8) is 0 Å². The van der Waals surface area contributed by atoms with Crippen molar-refractivity contribution in [2.75, 3.05) is 7.11 Å². The number of nitrogens with one attached hydrogen (secondary N) is 1. The van der Waals surface area contributed by atoms with Gasteiger partial charge in [-0.15, -0.1) is 0 Å². The van der Waals surface area contributed by atoms with E-state index in [1.165, 1.54) is 11.5 Å². The summed E-state index contributed by atoms with van der Waals surface area (Å²) in [5.74, 6) is 2.14. The van der Waals surface area contributed by atoms with E-state index < -0.39 is 0 Å². The van der Waals surface area contributed by atoms with Gasteiger partial charge >= 0.3 is 0 Å². The molecule has 6 nitrogen and oxygen atoms in total. The summed E-state index contributed by atoms with van der Waals surface area (Å²) in [6.07, 6.45) is 0.921. The van der Waals surface area contributed by atoms with Crippen LogP contribution in [0, 0.1) is 0 Å². The molecule has 0 radical (unpaired) electrons. The number of hydrogen-bond donors (Lipinski definition) is 1. The molecule has 32 heavy (non-hydrogen) atoms. The van der Waals surface area contributed by atoms with E-state index in [4.69, 9.17) is 9.47 Å². The highest BCUT2D eigenvalue weighted by Gasteiger charge is 2.09. The van der Waals surface area contributed by atoms with Crippen LogP contribution in [0.4, 0.5) is 0 Å². The maximum atomic E-state index is 12.2. The smallest absolute Gasteiger partial charge is 0.298 e. The van der Waals surface area contributed by atoms with Crippen LogP contribution in [0.25, 0.3) is 0 Å². The van der Waals surface area contributed by atoms with Gasteiger partial charge < -0.3 is 14.8 Å². The standard InChI is InChI=1S/C25H23N3O3S/c1-30-22-9-5-8-20(14-22)15-23-27-25(32-28-23)31-21-12-10-18(11-13-21)16-24(29)26-17-19-6-3-2-4-7-19/h2-14H,15-17H2,1H3,(H,26,29). The molecule has 0 aliphatic carbocycles. The van der Waals surface area contributed by atoms with Crippen molar-refractivity contribution in [2.45, 2.75) is 19.4 Å². The Bertz CT molecular complexity index is 1160.